The molecule has 0 N–H and O–H groups in total. The molecule has 0 bridgehead atoms. The average Bonchev–Trinajstić information content (AvgIpc) is 2.76. The molecule has 4 nitrogen and oxygen atoms in total. The molecule has 4 heteroatoms. The van der Waals surface area contributed by atoms with Crippen molar-refractivity contribution in [3.05, 3.63) is 46.3 Å². The second kappa shape index (κ2) is 4.82. The van der Waals surface area contributed by atoms with Gasteiger partial charge in [-0.3, -0.25) is 0 Å². The number of nitrogens with zero attached hydrogens (tertiary/aromatic N) is 3. The zero-order valence-electron chi connectivity index (χ0n) is 8.41. The maximum Gasteiger partial charge on any atom is 0.0638 e. The molecule has 1 aliphatic heterocycles. The summed E-state index contributed by atoms with van der Waals surface area (Å²) >= 11 is 0. The van der Waals surface area contributed by atoms with Gasteiger partial charge in [0, 0.05) is 10.8 Å². The summed E-state index contributed by atoms with van der Waals surface area (Å²) < 4.78 is 5.56. The number of benzene rings is 1. The summed E-state index contributed by atoms with van der Waals surface area (Å²) in [5, 5.41) is 3.54. The molecule has 0 saturated carbocycles. The Balaban J connectivity index is 1.95. The van der Waals surface area contributed by atoms with Crippen LogP contribution < -0.4 is 0 Å². The minimum absolute atomic E-state index is 0.0890. The van der Waals surface area contributed by atoms with E-state index in [4.69, 9.17) is 10.3 Å². The summed E-state index contributed by atoms with van der Waals surface area (Å²) in [5.74, 6) is 0.449. The lowest BCUT2D eigenvalue weighted by Gasteiger charge is -2.07. The van der Waals surface area contributed by atoms with Gasteiger partial charge in [0.15, 0.2) is 0 Å². The van der Waals surface area contributed by atoms with Crippen LogP contribution in [0.4, 0.5) is 0 Å². The van der Waals surface area contributed by atoms with E-state index >= 15 is 0 Å². The van der Waals surface area contributed by atoms with Crippen LogP contribution in [0.3, 0.4) is 0 Å². The van der Waals surface area contributed by atoms with Gasteiger partial charge < -0.3 is 4.74 Å². The fraction of sp³-hybridized carbons (Fsp3) is 0.455. The van der Waals surface area contributed by atoms with Gasteiger partial charge in [-0.05, 0) is 17.5 Å². The van der Waals surface area contributed by atoms with Crippen LogP contribution in [0, 0.1) is 0 Å². The van der Waals surface area contributed by atoms with Crippen molar-refractivity contribution < 1.29 is 4.74 Å². The van der Waals surface area contributed by atoms with Gasteiger partial charge in [-0.25, -0.2) is 0 Å². The Morgan fingerprint density at radius 2 is 2.20 bits per heavy atom. The summed E-state index contributed by atoms with van der Waals surface area (Å²) in [5.41, 5.74) is 9.52. The lowest BCUT2D eigenvalue weighted by molar-refractivity contribution is 0.116. The van der Waals surface area contributed by atoms with Gasteiger partial charge in [-0.15, -0.1) is 0 Å². The number of hydrogen-bond acceptors (Lipinski definition) is 2. The second-order valence-electron chi connectivity index (χ2n) is 3.71. The van der Waals surface area contributed by atoms with Crippen molar-refractivity contribution in [3.63, 3.8) is 0 Å². The normalized spacial score (nSPS) is 24.8. The first-order valence-electron chi connectivity index (χ1n) is 5.07. The number of hydrogen-bond donors (Lipinski definition) is 0. The van der Waals surface area contributed by atoms with Gasteiger partial charge in [0.2, 0.25) is 0 Å². The molecule has 0 amide bonds. The molecule has 15 heavy (non-hydrogen) atoms. The first-order chi connectivity index (χ1) is 7.40. The maximum absolute atomic E-state index is 8.21. The quantitative estimate of drug-likeness (QED) is 0.423. The second-order valence-corrected chi connectivity index (χ2v) is 3.71. The highest BCUT2D eigenvalue weighted by Crippen LogP contribution is 2.29. The highest BCUT2D eigenvalue weighted by atomic mass is 16.5. The largest absolute Gasteiger partial charge is 0.377 e. The highest BCUT2D eigenvalue weighted by Gasteiger charge is 2.25. The molecule has 2 atom stereocenters. The van der Waals surface area contributed by atoms with Gasteiger partial charge in [0.1, 0.15) is 0 Å². The summed E-state index contributed by atoms with van der Waals surface area (Å²) in [7, 11) is 0. The third-order valence-electron chi connectivity index (χ3n) is 2.70. The summed E-state index contributed by atoms with van der Waals surface area (Å²) in [6.07, 6.45) is 1.04. The highest BCUT2D eigenvalue weighted by molar-refractivity contribution is 5.20. The van der Waals surface area contributed by atoms with E-state index < -0.39 is 0 Å². The summed E-state index contributed by atoms with van der Waals surface area (Å²) in [4.78, 5) is 2.74. The number of ether oxygens (including phenoxy) is 1. The van der Waals surface area contributed by atoms with Crippen molar-refractivity contribution in [2.75, 3.05) is 13.2 Å². The first kappa shape index (κ1) is 10.0. The van der Waals surface area contributed by atoms with Crippen LogP contribution in [0.25, 0.3) is 10.4 Å². The average molecular weight is 203 g/mol. The van der Waals surface area contributed by atoms with Crippen molar-refractivity contribution in [1.29, 1.82) is 0 Å². The summed E-state index contributed by atoms with van der Waals surface area (Å²) in [6.45, 7) is 1.18. The number of azide groups is 1. The standard InChI is InChI=1S/C11H13N3O/c12-14-13-7-11-6-10(8-15-11)9-4-2-1-3-5-9/h1-5,10-11H,6-8H2/t10-,11+/m0/s1. The van der Waals surface area contributed by atoms with Crippen LogP contribution in [0.15, 0.2) is 35.4 Å². The predicted octanol–water partition coefficient (Wildman–Crippen LogP) is 2.87. The molecule has 1 aliphatic rings. The van der Waals surface area contributed by atoms with E-state index in [-0.39, 0.29) is 6.10 Å². The van der Waals surface area contributed by atoms with Crippen LogP contribution in [0.1, 0.15) is 17.9 Å². The van der Waals surface area contributed by atoms with E-state index in [1.54, 1.807) is 0 Å². The molecule has 0 spiro atoms. The van der Waals surface area contributed by atoms with Gasteiger partial charge in [-0.1, -0.05) is 35.4 Å². The van der Waals surface area contributed by atoms with Crippen LogP contribution in [-0.4, -0.2) is 19.3 Å². The fourth-order valence-electron chi connectivity index (χ4n) is 1.92. The lowest BCUT2D eigenvalue weighted by Crippen LogP contribution is -2.08. The maximum atomic E-state index is 8.21. The van der Waals surface area contributed by atoms with Crippen molar-refractivity contribution in [1.82, 2.24) is 0 Å². The van der Waals surface area contributed by atoms with Gasteiger partial charge in [-0.2, -0.15) is 0 Å². The molecule has 1 aromatic carbocycles. The zero-order valence-corrected chi connectivity index (χ0v) is 8.41. The molecule has 2 rings (SSSR count). The third-order valence-corrected chi connectivity index (χ3v) is 2.70. The Morgan fingerprint density at radius 3 is 2.93 bits per heavy atom. The Bertz CT molecular complexity index is 359. The van der Waals surface area contributed by atoms with E-state index in [1.165, 1.54) is 5.56 Å². The molecule has 1 saturated heterocycles. The minimum Gasteiger partial charge on any atom is -0.377 e. The van der Waals surface area contributed by atoms with Crippen molar-refractivity contribution in [3.8, 4) is 0 Å². The van der Waals surface area contributed by atoms with E-state index in [0.717, 1.165) is 13.0 Å². The number of rotatable bonds is 3. The fourth-order valence-corrected chi connectivity index (χ4v) is 1.92. The van der Waals surface area contributed by atoms with Gasteiger partial charge in [0.25, 0.3) is 0 Å². The summed E-state index contributed by atoms with van der Waals surface area (Å²) in [6, 6.07) is 10.3. The molecule has 78 valence electrons. The van der Waals surface area contributed by atoms with E-state index in [2.05, 4.69) is 22.2 Å². The Morgan fingerprint density at radius 1 is 1.40 bits per heavy atom. The minimum atomic E-state index is 0.0890. The van der Waals surface area contributed by atoms with Crippen LogP contribution in [0.2, 0.25) is 0 Å². The lowest BCUT2D eigenvalue weighted by atomic mass is 9.96. The van der Waals surface area contributed by atoms with Crippen LogP contribution in [0.5, 0.6) is 0 Å². The zero-order chi connectivity index (χ0) is 10.5. The molecule has 1 heterocycles. The Labute approximate surface area is 88.5 Å². The Hall–Kier alpha value is -1.51. The molecular formula is C11H13N3O. The van der Waals surface area contributed by atoms with Gasteiger partial charge >= 0.3 is 0 Å². The molecule has 0 aromatic heterocycles. The van der Waals surface area contributed by atoms with Crippen molar-refractivity contribution >= 4 is 0 Å². The van der Waals surface area contributed by atoms with Crippen LogP contribution in [-0.2, 0) is 4.74 Å². The molecular weight excluding hydrogens is 190 g/mol. The van der Waals surface area contributed by atoms with Crippen molar-refractivity contribution in [2.24, 2.45) is 5.11 Å². The molecule has 0 aliphatic carbocycles. The molecule has 0 unspecified atom stereocenters. The smallest absolute Gasteiger partial charge is 0.0638 e. The van der Waals surface area contributed by atoms with Crippen molar-refractivity contribution in [2.45, 2.75) is 18.4 Å². The van der Waals surface area contributed by atoms with E-state index in [9.17, 15) is 0 Å². The third kappa shape index (κ3) is 2.49. The molecule has 0 radical (unpaired) electrons. The first-order valence-corrected chi connectivity index (χ1v) is 5.07. The monoisotopic (exact) mass is 203 g/mol. The Kier molecular flexibility index (Phi) is 3.22. The predicted molar refractivity (Wildman–Crippen MR) is 57.6 cm³/mol. The molecule has 1 fully saturated rings. The topological polar surface area (TPSA) is 58.0 Å². The van der Waals surface area contributed by atoms with Gasteiger partial charge in [0.05, 0.1) is 19.3 Å². The molecule has 1 aromatic rings. The SMILES string of the molecule is [N-]=[N+]=NC[C@H]1C[C@H](c2ccccc2)CO1. The van der Waals surface area contributed by atoms with E-state index in [0.29, 0.717) is 12.5 Å². The van der Waals surface area contributed by atoms with Crippen LogP contribution >= 0.6 is 0 Å². The van der Waals surface area contributed by atoms with E-state index in [1.807, 2.05) is 18.2 Å².